The Hall–Kier alpha value is -7.11. The average Bonchev–Trinajstić information content (AvgIpc) is 3.94. The number of nitrogens with zero attached hydrogens (tertiary/aromatic N) is 6. The second-order valence-electron chi connectivity index (χ2n) is 19.2. The van der Waals surface area contributed by atoms with Crippen LogP contribution in [0.25, 0.3) is 33.8 Å². The number of carboxylic acids is 2. The van der Waals surface area contributed by atoms with Crippen molar-refractivity contribution in [3.05, 3.63) is 188 Å². The first kappa shape index (κ1) is 60.8. The topological polar surface area (TPSA) is 202 Å². The van der Waals surface area contributed by atoms with E-state index in [1.807, 2.05) is 78.5 Å². The number of aliphatic hydroxyl groups excluding tert-OH is 2. The molecule has 0 bridgehead atoms. The molecule has 4 aromatic heterocycles. The summed E-state index contributed by atoms with van der Waals surface area (Å²) in [6.07, 6.45) is 2.48. The van der Waals surface area contributed by atoms with Gasteiger partial charge < -0.3 is 44.3 Å². The molecule has 2 unspecified atom stereocenters. The van der Waals surface area contributed by atoms with Gasteiger partial charge in [0.05, 0.1) is 45.7 Å². The van der Waals surface area contributed by atoms with Gasteiger partial charge >= 0.3 is 11.9 Å². The van der Waals surface area contributed by atoms with Crippen molar-refractivity contribution in [1.29, 1.82) is 0 Å². The summed E-state index contributed by atoms with van der Waals surface area (Å²) >= 11 is 12.2. The number of aliphatic hydroxyl groups is 2. The zero-order valence-electron chi connectivity index (χ0n) is 44.5. The summed E-state index contributed by atoms with van der Waals surface area (Å²) in [4.78, 5) is 56.8. The van der Waals surface area contributed by atoms with Crippen LogP contribution in [-0.2, 0) is 32.0 Å². The van der Waals surface area contributed by atoms with E-state index in [2.05, 4.69) is 98.0 Å². The highest BCUT2D eigenvalue weighted by Crippen LogP contribution is 2.42. The smallest absolute Gasteiger partial charge is 0.335 e. The van der Waals surface area contributed by atoms with E-state index >= 15 is 0 Å². The molecule has 2 amide bonds. The van der Waals surface area contributed by atoms with Gasteiger partial charge in [0.15, 0.2) is 12.2 Å². The quantitative estimate of drug-likeness (QED) is 0.0825. The van der Waals surface area contributed by atoms with E-state index in [9.17, 15) is 19.2 Å². The highest BCUT2D eigenvalue weighted by molar-refractivity contribution is 6.42. The number of nitrogens with one attached hydrogen (secondary N) is 1. The molecule has 5 N–H and O–H groups in total. The lowest BCUT2D eigenvalue weighted by Crippen LogP contribution is -2.39. The maximum atomic E-state index is 12.3. The van der Waals surface area contributed by atoms with Gasteiger partial charge in [0.2, 0.25) is 11.8 Å². The zero-order chi connectivity index (χ0) is 55.5. The number of halogens is 3. The van der Waals surface area contributed by atoms with Crippen molar-refractivity contribution in [2.75, 3.05) is 35.2 Å². The normalized spacial score (nSPS) is 14.2. The fraction of sp³-hybridized carbons (Fsp3) is 0.288. The summed E-state index contributed by atoms with van der Waals surface area (Å²) in [6, 6.07) is 39.7. The van der Waals surface area contributed by atoms with Gasteiger partial charge in [0.25, 0.3) is 0 Å². The summed E-state index contributed by atoms with van der Waals surface area (Å²) in [5.41, 5.74) is 16.2. The van der Waals surface area contributed by atoms with E-state index in [-0.39, 0.29) is 24.2 Å². The SMILES string of the molecule is CN[C@H]1CC[C@@H](c2ccc(Cl)c(Cl)c2)c2ccccc21.Cc1ccc(-c2nc3ccc(C)cn3c2CC(=O)N(C)C)cc1.Cc1ccc(-c2nc3ccc(C)cn3c2CC(=O)N(C)C)cc1.Cl.O=C(O)C(O)C(O)C(=O)O. The Morgan fingerprint density at radius 2 is 1.01 bits per heavy atom. The van der Waals surface area contributed by atoms with Crippen LogP contribution in [0.2, 0.25) is 10.0 Å². The van der Waals surface area contributed by atoms with Crippen molar-refractivity contribution >= 4 is 70.7 Å². The highest BCUT2D eigenvalue weighted by Gasteiger charge is 2.30. The molecule has 1 aliphatic rings. The number of carbonyl (C=O) groups excluding carboxylic acids is 2. The van der Waals surface area contributed by atoms with Gasteiger partial charge in [-0.05, 0) is 99.7 Å². The number of carboxylic acid groups (broad SMARTS) is 2. The van der Waals surface area contributed by atoms with Crippen LogP contribution in [0.15, 0.2) is 128 Å². The molecule has 15 nitrogen and oxygen atoms in total. The minimum Gasteiger partial charge on any atom is -0.479 e. The molecule has 0 saturated heterocycles. The lowest BCUT2D eigenvalue weighted by atomic mass is 9.77. The lowest BCUT2D eigenvalue weighted by Gasteiger charge is -2.32. The number of benzene rings is 4. The molecule has 0 spiro atoms. The van der Waals surface area contributed by atoms with Crippen LogP contribution in [0, 0.1) is 27.7 Å². The van der Waals surface area contributed by atoms with Crippen LogP contribution in [-0.4, -0.2) is 120 Å². The summed E-state index contributed by atoms with van der Waals surface area (Å²) in [7, 11) is 9.15. The predicted molar refractivity (Wildman–Crippen MR) is 305 cm³/mol. The first-order valence-corrected chi connectivity index (χ1v) is 25.4. The van der Waals surface area contributed by atoms with Gasteiger partial charge in [-0.3, -0.25) is 9.59 Å². The monoisotopic (exact) mass is 1110 g/mol. The minimum absolute atomic E-state index is 0. The maximum absolute atomic E-state index is 12.3. The molecule has 4 atom stereocenters. The highest BCUT2D eigenvalue weighted by atomic mass is 35.5. The molecular weight excluding hydrogens is 1040 g/mol. The fourth-order valence-electron chi connectivity index (χ4n) is 8.66. The third-order valence-electron chi connectivity index (χ3n) is 13.0. The molecule has 77 heavy (non-hydrogen) atoms. The lowest BCUT2D eigenvalue weighted by molar-refractivity contribution is -0.165. The van der Waals surface area contributed by atoms with E-state index < -0.39 is 24.1 Å². The zero-order valence-corrected chi connectivity index (χ0v) is 46.9. The van der Waals surface area contributed by atoms with E-state index in [1.54, 1.807) is 38.0 Å². The number of aryl methyl sites for hydroxylation is 4. The Labute approximate surface area is 465 Å². The third-order valence-corrected chi connectivity index (χ3v) is 13.7. The molecule has 9 rings (SSSR count). The number of fused-ring (bicyclic) bond motifs is 3. The van der Waals surface area contributed by atoms with Crippen LogP contribution in [0.5, 0.6) is 0 Å². The second-order valence-corrected chi connectivity index (χ2v) is 20.0. The van der Waals surface area contributed by atoms with Crippen molar-refractivity contribution < 1.29 is 39.6 Å². The number of rotatable bonds is 11. The second kappa shape index (κ2) is 27.3. The average molecular weight is 1110 g/mol. The largest absolute Gasteiger partial charge is 0.479 e. The van der Waals surface area contributed by atoms with Crippen LogP contribution >= 0.6 is 35.6 Å². The Morgan fingerprint density at radius 1 is 0.597 bits per heavy atom. The molecule has 0 fully saturated rings. The third kappa shape index (κ3) is 15.3. The molecule has 0 aliphatic heterocycles. The van der Waals surface area contributed by atoms with E-state index in [0.717, 1.165) is 69.2 Å². The molecule has 18 heteroatoms. The van der Waals surface area contributed by atoms with Gasteiger partial charge in [0, 0.05) is 63.7 Å². The molecule has 8 aromatic rings. The van der Waals surface area contributed by atoms with Gasteiger partial charge in [-0.1, -0.05) is 125 Å². The number of aromatic nitrogens is 4. The molecule has 1 aliphatic carbocycles. The number of imidazole rings is 2. The van der Waals surface area contributed by atoms with Crippen molar-refractivity contribution in [2.24, 2.45) is 0 Å². The molecule has 406 valence electrons. The Bertz CT molecular complexity index is 3170. The summed E-state index contributed by atoms with van der Waals surface area (Å²) < 4.78 is 4.07. The summed E-state index contributed by atoms with van der Waals surface area (Å²) in [5.74, 6) is -2.99. The minimum atomic E-state index is -2.27. The Balaban J connectivity index is 0.000000195. The van der Waals surface area contributed by atoms with Crippen LogP contribution in [0.4, 0.5) is 0 Å². The van der Waals surface area contributed by atoms with Crippen molar-refractivity contribution in [2.45, 2.75) is 77.5 Å². The van der Waals surface area contributed by atoms with Gasteiger partial charge in [-0.25, -0.2) is 19.6 Å². The van der Waals surface area contributed by atoms with E-state index in [1.165, 1.54) is 27.8 Å². The maximum Gasteiger partial charge on any atom is 0.335 e. The van der Waals surface area contributed by atoms with Gasteiger partial charge in [-0.2, -0.15) is 0 Å². The first-order valence-electron chi connectivity index (χ1n) is 24.6. The molecule has 4 heterocycles. The van der Waals surface area contributed by atoms with E-state index in [4.69, 9.17) is 53.6 Å². The predicted octanol–water partition coefficient (Wildman–Crippen LogP) is 9.98. The molecule has 4 aromatic carbocycles. The van der Waals surface area contributed by atoms with Crippen LogP contribution in [0.3, 0.4) is 0 Å². The van der Waals surface area contributed by atoms with Crippen LogP contribution < -0.4 is 5.32 Å². The number of hydrogen-bond donors (Lipinski definition) is 5. The van der Waals surface area contributed by atoms with E-state index in [0.29, 0.717) is 34.8 Å². The van der Waals surface area contributed by atoms with Crippen molar-refractivity contribution in [3.63, 3.8) is 0 Å². The van der Waals surface area contributed by atoms with Crippen LogP contribution in [0.1, 0.15) is 75.1 Å². The van der Waals surface area contributed by atoms with Crippen molar-refractivity contribution in [3.8, 4) is 22.5 Å². The molecule has 0 radical (unpaired) electrons. The number of likely N-dealkylation sites (N-methyl/N-ethyl adjacent to an activating group) is 2. The van der Waals surface area contributed by atoms with Gasteiger partial charge in [-0.15, -0.1) is 12.4 Å². The number of hydrogen-bond acceptors (Lipinski definition) is 9. The molecule has 0 saturated carbocycles. The summed E-state index contributed by atoms with van der Waals surface area (Å²) in [5, 5.41) is 37.2. The van der Waals surface area contributed by atoms with Crippen molar-refractivity contribution in [1.82, 2.24) is 33.9 Å². The number of pyridine rings is 2. The molecular formula is C59H66Cl3N7O8. The van der Waals surface area contributed by atoms with Gasteiger partial charge in [0.1, 0.15) is 11.3 Å². The first-order chi connectivity index (χ1) is 36.1. The standard InChI is InChI=1S/2C19H21N3O.C17H17Cl2N.C4H6O6.ClH/c2*1-13-5-8-15(9-6-13)19-16(11-18(23)21(3)4)22-12-14(2)7-10-17(22)20-19;1-20-17-9-7-12(13-4-2-3-5-14(13)17)11-6-8-15(18)16(19)10-11;5-1(3(7)8)2(6)4(9)10;/h2*5-10,12H,11H2,1-4H3;2-6,8,10,12,17,20H,7,9H2,1H3;1-2,5-6H,(H,7,8)(H,9,10);1H/t;;12-,17-;;/m..0../s1. The fourth-order valence-corrected chi connectivity index (χ4v) is 8.97. The number of aliphatic carboxylic acids is 2. The summed E-state index contributed by atoms with van der Waals surface area (Å²) in [6.45, 7) is 8.21. The Morgan fingerprint density at radius 3 is 1.40 bits per heavy atom. The number of amides is 2. The Kier molecular flexibility index (Phi) is 21.5. The number of carbonyl (C=O) groups is 4.